The van der Waals surface area contributed by atoms with Gasteiger partial charge in [-0.1, -0.05) is 19.9 Å². The molecule has 1 amide bonds. The highest BCUT2D eigenvalue weighted by atomic mass is 19.1. The number of hydrogen-bond acceptors (Lipinski definition) is 4. The van der Waals surface area contributed by atoms with Gasteiger partial charge in [-0.15, -0.1) is 0 Å². The largest absolute Gasteiger partial charge is 0.337 e. The maximum absolute atomic E-state index is 14.4. The Balaban J connectivity index is 1.57. The molecule has 1 aromatic carbocycles. The summed E-state index contributed by atoms with van der Waals surface area (Å²) in [6.45, 7) is 7.39. The Hall–Kier alpha value is -3.16. The van der Waals surface area contributed by atoms with Crippen LogP contribution in [0.15, 0.2) is 36.5 Å². The van der Waals surface area contributed by atoms with Gasteiger partial charge < -0.3 is 4.90 Å². The third-order valence-electron chi connectivity index (χ3n) is 7.70. The molecule has 2 aliphatic rings. The second-order valence-electron chi connectivity index (χ2n) is 9.31. The van der Waals surface area contributed by atoms with E-state index in [1.807, 2.05) is 11.8 Å². The average Bonchev–Trinajstić information content (AvgIpc) is 3.43. The molecule has 0 saturated heterocycles. The summed E-state index contributed by atoms with van der Waals surface area (Å²) < 4.78 is 28.8. The van der Waals surface area contributed by atoms with Crippen LogP contribution in [0, 0.1) is 17.0 Å². The summed E-state index contributed by atoms with van der Waals surface area (Å²) in [5.74, 6) is -1.23. The first-order chi connectivity index (χ1) is 15.3. The number of carbonyl (C=O) groups is 1. The zero-order valence-corrected chi connectivity index (χ0v) is 18.3. The van der Waals surface area contributed by atoms with Crippen molar-refractivity contribution in [1.29, 1.82) is 0 Å². The van der Waals surface area contributed by atoms with E-state index in [1.54, 1.807) is 18.3 Å². The van der Waals surface area contributed by atoms with Crippen molar-refractivity contribution in [3.63, 3.8) is 0 Å². The number of nitrogens with one attached hydrogen (secondary N) is 1. The van der Waals surface area contributed by atoms with Crippen LogP contribution in [0.1, 0.15) is 61.3 Å². The lowest BCUT2D eigenvalue weighted by Gasteiger charge is -2.41. The smallest absolute Gasteiger partial charge is 0.271 e. The number of H-pyrrole nitrogens is 1. The summed E-state index contributed by atoms with van der Waals surface area (Å²) in [6, 6.07) is 7.26. The van der Waals surface area contributed by atoms with Crippen LogP contribution in [0.3, 0.4) is 0 Å². The monoisotopic (exact) mass is 437 g/mol. The maximum Gasteiger partial charge on any atom is 0.271 e. The van der Waals surface area contributed by atoms with Gasteiger partial charge in [-0.2, -0.15) is 15.3 Å². The van der Waals surface area contributed by atoms with Crippen LogP contribution in [0.5, 0.6) is 0 Å². The Morgan fingerprint density at radius 1 is 1.22 bits per heavy atom. The zero-order valence-electron chi connectivity index (χ0n) is 18.3. The highest BCUT2D eigenvalue weighted by Gasteiger charge is 2.64. The molecule has 0 radical (unpaired) electrons. The lowest BCUT2D eigenvalue weighted by atomic mass is 9.68. The van der Waals surface area contributed by atoms with E-state index in [2.05, 4.69) is 34.2 Å². The van der Waals surface area contributed by atoms with Crippen LogP contribution in [-0.4, -0.2) is 44.3 Å². The number of benzene rings is 1. The van der Waals surface area contributed by atoms with Crippen LogP contribution >= 0.6 is 0 Å². The minimum atomic E-state index is -0.654. The molecule has 0 unspecified atom stereocenters. The molecule has 32 heavy (non-hydrogen) atoms. The van der Waals surface area contributed by atoms with Gasteiger partial charge in [0.25, 0.3) is 5.91 Å². The van der Waals surface area contributed by atoms with Gasteiger partial charge in [-0.3, -0.25) is 9.89 Å². The summed E-state index contributed by atoms with van der Waals surface area (Å²) in [5, 5.41) is 15.4. The van der Waals surface area contributed by atoms with Crippen LogP contribution in [0.4, 0.5) is 8.78 Å². The Labute approximate surface area is 185 Å². The van der Waals surface area contributed by atoms with E-state index in [0.717, 1.165) is 24.1 Å². The van der Waals surface area contributed by atoms with Crippen molar-refractivity contribution in [1.82, 2.24) is 25.3 Å². The molecule has 2 aromatic heterocycles. The minimum Gasteiger partial charge on any atom is -0.337 e. The van der Waals surface area contributed by atoms with E-state index < -0.39 is 11.6 Å². The number of fused-ring (bicyclic) bond motifs is 5. The molecule has 2 heterocycles. The van der Waals surface area contributed by atoms with Crippen LogP contribution in [0.2, 0.25) is 0 Å². The molecule has 1 fully saturated rings. The number of nitrogens with zero attached hydrogens (tertiary/aromatic N) is 4. The van der Waals surface area contributed by atoms with Crippen molar-refractivity contribution in [3.8, 4) is 11.3 Å². The fraction of sp³-hybridized carbons (Fsp3) is 0.417. The molecule has 3 aromatic rings. The van der Waals surface area contributed by atoms with Crippen LogP contribution < -0.4 is 0 Å². The van der Waals surface area contributed by atoms with Crippen molar-refractivity contribution < 1.29 is 13.6 Å². The minimum absolute atomic E-state index is 0.106. The molecular weight excluding hydrogens is 412 g/mol. The SMILES string of the molecule is CCN(C[C@@]12CC[C@@H](c3cc(-c4c(F)cccc4F)nnc31)C2(C)C)C(=O)c1ccn[nH]1. The summed E-state index contributed by atoms with van der Waals surface area (Å²) in [4.78, 5) is 14.9. The molecule has 1 saturated carbocycles. The zero-order chi connectivity index (χ0) is 22.7. The number of aromatic nitrogens is 4. The average molecular weight is 437 g/mol. The van der Waals surface area contributed by atoms with E-state index >= 15 is 0 Å². The third kappa shape index (κ3) is 2.74. The molecular formula is C24H25F2N5O. The normalized spacial score (nSPS) is 22.7. The van der Waals surface area contributed by atoms with E-state index in [1.165, 1.54) is 18.2 Å². The molecule has 6 nitrogen and oxygen atoms in total. The van der Waals surface area contributed by atoms with Crippen LogP contribution in [0.25, 0.3) is 11.3 Å². The van der Waals surface area contributed by atoms with E-state index in [0.29, 0.717) is 18.8 Å². The number of amides is 1. The number of hydrogen-bond donors (Lipinski definition) is 1. The maximum atomic E-state index is 14.4. The molecule has 0 spiro atoms. The number of carbonyl (C=O) groups excluding carboxylic acids is 1. The summed E-state index contributed by atoms with van der Waals surface area (Å²) in [6.07, 6.45) is 3.38. The van der Waals surface area contributed by atoms with Gasteiger partial charge in [-0.25, -0.2) is 8.78 Å². The van der Waals surface area contributed by atoms with Gasteiger partial charge in [0.15, 0.2) is 0 Å². The predicted octanol–water partition coefficient (Wildman–Crippen LogP) is 4.46. The third-order valence-corrected chi connectivity index (χ3v) is 7.70. The molecule has 2 bridgehead atoms. The van der Waals surface area contributed by atoms with Crippen LogP contribution in [-0.2, 0) is 5.41 Å². The molecule has 0 aliphatic heterocycles. The lowest BCUT2D eigenvalue weighted by Crippen LogP contribution is -2.48. The molecule has 2 atom stereocenters. The van der Waals surface area contributed by atoms with Crippen molar-refractivity contribution in [2.75, 3.05) is 13.1 Å². The summed E-state index contributed by atoms with van der Waals surface area (Å²) in [7, 11) is 0. The van der Waals surface area contributed by atoms with Gasteiger partial charge in [0.1, 0.15) is 17.3 Å². The Kier molecular flexibility index (Phi) is 4.65. The second-order valence-corrected chi connectivity index (χ2v) is 9.31. The second kappa shape index (κ2) is 7.18. The van der Waals surface area contributed by atoms with E-state index in [4.69, 9.17) is 0 Å². The fourth-order valence-electron chi connectivity index (χ4n) is 5.84. The topological polar surface area (TPSA) is 74.8 Å². The van der Waals surface area contributed by atoms with Gasteiger partial charge >= 0.3 is 0 Å². The van der Waals surface area contributed by atoms with Crippen molar-refractivity contribution >= 4 is 5.91 Å². The van der Waals surface area contributed by atoms with Gasteiger partial charge in [0.2, 0.25) is 0 Å². The summed E-state index contributed by atoms with van der Waals surface area (Å²) >= 11 is 0. The van der Waals surface area contributed by atoms with Gasteiger partial charge in [-0.05, 0) is 60.9 Å². The standard InChI is InChI=1S/C24H25F2N5O/c1-4-31(22(32)18-9-11-27-28-18)13-24-10-8-15(23(24,2)3)14-12-19(29-30-21(14)24)20-16(25)6-5-7-17(20)26/h5-7,9,11-12,15H,4,8,10,13H2,1-3H3,(H,27,28)/t15-,24-/m0/s1. The fourth-order valence-corrected chi connectivity index (χ4v) is 5.84. The van der Waals surface area contributed by atoms with Crippen molar-refractivity contribution in [2.45, 2.75) is 44.9 Å². The first-order valence-corrected chi connectivity index (χ1v) is 10.9. The number of halogens is 2. The highest BCUT2D eigenvalue weighted by Crippen LogP contribution is 2.67. The molecule has 8 heteroatoms. The molecule has 1 N–H and O–H groups in total. The quantitative estimate of drug-likeness (QED) is 0.639. The Morgan fingerprint density at radius 3 is 2.62 bits per heavy atom. The molecule has 5 rings (SSSR count). The molecule has 2 aliphatic carbocycles. The highest BCUT2D eigenvalue weighted by molar-refractivity contribution is 5.92. The number of rotatable bonds is 5. The van der Waals surface area contributed by atoms with E-state index in [9.17, 15) is 13.6 Å². The Bertz CT molecular complexity index is 1170. The van der Waals surface area contributed by atoms with Gasteiger partial charge in [0.05, 0.1) is 17.0 Å². The van der Waals surface area contributed by atoms with Gasteiger partial charge in [0, 0.05) is 24.7 Å². The summed E-state index contributed by atoms with van der Waals surface area (Å²) in [5.41, 5.74) is 1.77. The van der Waals surface area contributed by atoms with E-state index in [-0.39, 0.29) is 33.9 Å². The predicted molar refractivity (Wildman–Crippen MR) is 115 cm³/mol. The Morgan fingerprint density at radius 2 is 1.97 bits per heavy atom. The first-order valence-electron chi connectivity index (χ1n) is 10.9. The molecule has 166 valence electrons. The lowest BCUT2D eigenvalue weighted by molar-refractivity contribution is 0.0646. The number of aromatic amines is 1. The van der Waals surface area contributed by atoms with Crippen molar-refractivity contribution in [2.24, 2.45) is 5.41 Å². The first kappa shape index (κ1) is 20.7. The van der Waals surface area contributed by atoms with Crippen molar-refractivity contribution in [3.05, 3.63) is 65.1 Å². The number of likely N-dealkylation sites (N-methyl/N-ethyl adjacent to an activating group) is 1.